The monoisotopic (exact) mass is 136 g/mol. The summed E-state index contributed by atoms with van der Waals surface area (Å²) in [6, 6.07) is 6.40. The first-order chi connectivity index (χ1) is 4.86. The van der Waals surface area contributed by atoms with Gasteiger partial charge in [-0.2, -0.15) is 4.39 Å². The van der Waals surface area contributed by atoms with Gasteiger partial charge in [-0.25, -0.2) is 0 Å². The standard InChI is InChI=1S/C8H5FO/c9-8-4-6-2-1-3-7(6)5-10-8/h1-5H. The van der Waals surface area contributed by atoms with Gasteiger partial charge >= 0.3 is 0 Å². The molecule has 1 aliphatic heterocycles. The van der Waals surface area contributed by atoms with Crippen LogP contribution in [0.2, 0.25) is 0 Å². The first-order valence-corrected chi connectivity index (χ1v) is 2.99. The summed E-state index contributed by atoms with van der Waals surface area (Å²) in [6.07, 6.45) is 1.41. The van der Waals surface area contributed by atoms with E-state index in [1.165, 1.54) is 12.3 Å². The van der Waals surface area contributed by atoms with E-state index in [-0.39, 0.29) is 0 Å². The maximum Gasteiger partial charge on any atom is 0.278 e. The van der Waals surface area contributed by atoms with Gasteiger partial charge in [-0.1, -0.05) is 18.2 Å². The van der Waals surface area contributed by atoms with Crippen LogP contribution in [0.1, 0.15) is 0 Å². The Morgan fingerprint density at radius 2 is 2.00 bits per heavy atom. The topological polar surface area (TPSA) is 13.1 Å². The molecule has 0 aromatic carbocycles. The average molecular weight is 136 g/mol. The Kier molecular flexibility index (Phi) is 1.01. The Morgan fingerprint density at radius 1 is 1.20 bits per heavy atom. The van der Waals surface area contributed by atoms with Crippen LogP contribution in [0, 0.1) is 6.01 Å². The molecule has 0 radical (unpaired) electrons. The molecule has 1 nitrogen and oxygen atoms in total. The lowest BCUT2D eigenvalue weighted by Gasteiger charge is -1.94. The summed E-state index contributed by atoms with van der Waals surface area (Å²) in [5.41, 5.74) is 1.81. The van der Waals surface area contributed by atoms with Gasteiger partial charge in [0.1, 0.15) is 6.26 Å². The summed E-state index contributed by atoms with van der Waals surface area (Å²) in [6.45, 7) is 0. The number of hydrogen-bond acceptors (Lipinski definition) is 1. The third-order valence-electron chi connectivity index (χ3n) is 1.45. The fourth-order valence-electron chi connectivity index (χ4n) is 0.963. The summed E-state index contributed by atoms with van der Waals surface area (Å²) < 4.78 is 16.9. The van der Waals surface area contributed by atoms with Crippen molar-refractivity contribution in [2.45, 2.75) is 0 Å². The van der Waals surface area contributed by atoms with Crippen LogP contribution in [0.4, 0.5) is 4.39 Å². The lowest BCUT2D eigenvalue weighted by atomic mass is 10.2. The van der Waals surface area contributed by atoms with Crippen LogP contribution in [0.25, 0.3) is 11.1 Å². The van der Waals surface area contributed by atoms with E-state index in [0.29, 0.717) is 0 Å². The predicted octanol–water partition coefficient (Wildman–Crippen LogP) is 2.52. The molecule has 0 saturated heterocycles. The van der Waals surface area contributed by atoms with Crippen molar-refractivity contribution in [3.63, 3.8) is 0 Å². The molecule has 10 heavy (non-hydrogen) atoms. The molecule has 2 aliphatic rings. The molecule has 0 bridgehead atoms. The Labute approximate surface area is 57.4 Å². The summed E-state index contributed by atoms with van der Waals surface area (Å²) in [7, 11) is 0. The molecule has 0 aromatic rings. The lowest BCUT2D eigenvalue weighted by molar-refractivity contribution is 0.346. The number of rotatable bonds is 0. The van der Waals surface area contributed by atoms with Gasteiger partial charge in [-0.15, -0.1) is 0 Å². The molecule has 0 N–H and O–H groups in total. The van der Waals surface area contributed by atoms with E-state index in [4.69, 9.17) is 0 Å². The normalized spacial score (nSPS) is 10.5. The molecule has 50 valence electrons. The van der Waals surface area contributed by atoms with Crippen LogP contribution in [0.15, 0.2) is 34.9 Å². The van der Waals surface area contributed by atoms with Crippen molar-refractivity contribution in [1.29, 1.82) is 0 Å². The van der Waals surface area contributed by atoms with Gasteiger partial charge in [-0.05, 0) is 5.56 Å². The van der Waals surface area contributed by atoms with Crippen LogP contribution in [0.5, 0.6) is 0 Å². The van der Waals surface area contributed by atoms with Crippen molar-refractivity contribution in [2.75, 3.05) is 0 Å². The van der Waals surface area contributed by atoms with Crippen LogP contribution in [0.3, 0.4) is 0 Å². The molecular weight excluding hydrogens is 131 g/mol. The van der Waals surface area contributed by atoms with Gasteiger partial charge in [0.15, 0.2) is 0 Å². The number of halogens is 1. The molecule has 1 heterocycles. The fourth-order valence-corrected chi connectivity index (χ4v) is 0.963. The second-order valence-corrected chi connectivity index (χ2v) is 2.12. The summed E-state index contributed by atoms with van der Waals surface area (Å²) in [4.78, 5) is 0. The van der Waals surface area contributed by atoms with E-state index in [1.807, 2.05) is 18.2 Å². The zero-order valence-corrected chi connectivity index (χ0v) is 5.17. The van der Waals surface area contributed by atoms with Gasteiger partial charge < -0.3 is 4.42 Å². The number of fused-ring (bicyclic) bond motifs is 1. The third-order valence-corrected chi connectivity index (χ3v) is 1.45. The maximum absolute atomic E-state index is 12.3. The highest BCUT2D eigenvalue weighted by Crippen LogP contribution is 2.22. The van der Waals surface area contributed by atoms with Crippen molar-refractivity contribution in [2.24, 2.45) is 0 Å². The summed E-state index contributed by atoms with van der Waals surface area (Å²) in [5, 5.41) is 0. The van der Waals surface area contributed by atoms with Crippen molar-refractivity contribution in [3.8, 4) is 11.1 Å². The molecular formula is C8H5FO. The second-order valence-electron chi connectivity index (χ2n) is 2.12. The largest absolute Gasteiger partial charge is 0.439 e. The first kappa shape index (κ1) is 5.47. The smallest absolute Gasteiger partial charge is 0.278 e. The fraction of sp³-hybridized carbons (Fsp3) is 0. The highest BCUT2D eigenvalue weighted by molar-refractivity contribution is 5.64. The molecule has 2 rings (SSSR count). The first-order valence-electron chi connectivity index (χ1n) is 2.99. The molecule has 0 spiro atoms. The zero-order chi connectivity index (χ0) is 6.97. The predicted molar refractivity (Wildman–Crippen MR) is 35.3 cm³/mol. The van der Waals surface area contributed by atoms with Gasteiger partial charge in [-0.3, -0.25) is 0 Å². The van der Waals surface area contributed by atoms with Crippen molar-refractivity contribution >= 4 is 0 Å². The zero-order valence-electron chi connectivity index (χ0n) is 5.17. The molecule has 0 saturated carbocycles. The average Bonchev–Trinajstić information content (AvgIpc) is 2.33. The SMILES string of the molecule is Fc1cc2cccc-2co1. The van der Waals surface area contributed by atoms with Gasteiger partial charge in [0.05, 0.1) is 0 Å². The van der Waals surface area contributed by atoms with Crippen molar-refractivity contribution < 1.29 is 8.81 Å². The Hall–Kier alpha value is -1.31. The van der Waals surface area contributed by atoms with Crippen LogP contribution in [-0.2, 0) is 0 Å². The van der Waals surface area contributed by atoms with E-state index in [1.54, 1.807) is 0 Å². The molecule has 0 atom stereocenters. The summed E-state index contributed by atoms with van der Waals surface area (Å²) >= 11 is 0. The van der Waals surface area contributed by atoms with Crippen LogP contribution >= 0.6 is 0 Å². The van der Waals surface area contributed by atoms with Crippen LogP contribution < -0.4 is 0 Å². The highest BCUT2D eigenvalue weighted by Gasteiger charge is 2.02. The third kappa shape index (κ3) is 0.692. The highest BCUT2D eigenvalue weighted by atomic mass is 19.1. The molecule has 0 amide bonds. The quantitative estimate of drug-likeness (QED) is 0.542. The minimum absolute atomic E-state index is 0.543. The van der Waals surface area contributed by atoms with Gasteiger partial charge in [0, 0.05) is 11.6 Å². The van der Waals surface area contributed by atoms with Crippen molar-refractivity contribution in [1.82, 2.24) is 0 Å². The maximum atomic E-state index is 12.3. The van der Waals surface area contributed by atoms with Gasteiger partial charge in [0.2, 0.25) is 0 Å². The van der Waals surface area contributed by atoms with Crippen LogP contribution in [-0.4, -0.2) is 0 Å². The van der Waals surface area contributed by atoms with Crippen molar-refractivity contribution in [3.05, 3.63) is 36.5 Å². The van der Waals surface area contributed by atoms with E-state index >= 15 is 0 Å². The van der Waals surface area contributed by atoms with E-state index in [2.05, 4.69) is 4.42 Å². The Bertz CT molecular complexity index is 313. The molecule has 0 unspecified atom stereocenters. The minimum atomic E-state index is -0.543. The Morgan fingerprint density at radius 3 is 2.90 bits per heavy atom. The minimum Gasteiger partial charge on any atom is -0.439 e. The molecule has 0 fully saturated rings. The van der Waals surface area contributed by atoms with E-state index < -0.39 is 6.01 Å². The Balaban J connectivity index is 2.75. The van der Waals surface area contributed by atoms with E-state index in [9.17, 15) is 4.39 Å². The molecule has 1 aliphatic carbocycles. The number of hydrogen-bond donors (Lipinski definition) is 0. The molecule has 2 heteroatoms. The second kappa shape index (κ2) is 1.84. The summed E-state index contributed by atoms with van der Waals surface area (Å²) in [5.74, 6) is 0. The lowest BCUT2D eigenvalue weighted by Crippen LogP contribution is -1.75. The molecule has 0 aromatic heterocycles. The van der Waals surface area contributed by atoms with E-state index in [0.717, 1.165) is 11.1 Å². The van der Waals surface area contributed by atoms with Gasteiger partial charge in [0.25, 0.3) is 6.01 Å².